The molecule has 0 aliphatic heterocycles. The second-order valence-corrected chi connectivity index (χ2v) is 5.21. The number of amides is 2. The van der Waals surface area contributed by atoms with Gasteiger partial charge in [0.05, 0.1) is 10.2 Å². The van der Waals surface area contributed by atoms with Crippen LogP contribution in [0.5, 0.6) is 0 Å². The van der Waals surface area contributed by atoms with E-state index in [9.17, 15) is 9.18 Å². The highest BCUT2D eigenvalue weighted by molar-refractivity contribution is 7.22. The van der Waals surface area contributed by atoms with Crippen molar-refractivity contribution in [1.82, 2.24) is 15.2 Å². The average molecular weight is 282 g/mol. The first-order valence-electron chi connectivity index (χ1n) is 5.81. The fourth-order valence-electron chi connectivity index (χ4n) is 1.47. The van der Waals surface area contributed by atoms with E-state index in [1.807, 2.05) is 0 Å². The molecule has 1 heterocycles. The van der Waals surface area contributed by atoms with Crippen molar-refractivity contribution in [2.75, 3.05) is 32.5 Å². The van der Waals surface area contributed by atoms with Crippen LogP contribution >= 0.6 is 11.3 Å². The molecule has 7 heteroatoms. The predicted octanol–water partition coefficient (Wildman–Crippen LogP) is 2.12. The average Bonchev–Trinajstić information content (AvgIpc) is 2.75. The summed E-state index contributed by atoms with van der Waals surface area (Å²) in [5.74, 6) is -0.289. The zero-order chi connectivity index (χ0) is 13.8. The lowest BCUT2D eigenvalue weighted by Crippen LogP contribution is -2.37. The van der Waals surface area contributed by atoms with Crippen LogP contribution in [0.15, 0.2) is 18.2 Å². The quantitative estimate of drug-likeness (QED) is 0.845. The summed E-state index contributed by atoms with van der Waals surface area (Å²) in [6.45, 7) is 1.07. The fraction of sp³-hybridized carbons (Fsp3) is 0.333. The van der Waals surface area contributed by atoms with Gasteiger partial charge in [0, 0.05) is 33.3 Å². The van der Waals surface area contributed by atoms with Gasteiger partial charge in [-0.3, -0.25) is 0 Å². The monoisotopic (exact) mass is 282 g/mol. The topological polar surface area (TPSA) is 57.3 Å². The van der Waals surface area contributed by atoms with Gasteiger partial charge in [0.25, 0.3) is 0 Å². The van der Waals surface area contributed by atoms with Crippen molar-refractivity contribution in [2.45, 2.75) is 0 Å². The minimum atomic E-state index is -0.289. The molecule has 0 fully saturated rings. The van der Waals surface area contributed by atoms with Gasteiger partial charge in [-0.15, -0.1) is 0 Å². The second-order valence-electron chi connectivity index (χ2n) is 4.18. The first kappa shape index (κ1) is 13.5. The maximum atomic E-state index is 13.0. The van der Waals surface area contributed by atoms with Gasteiger partial charge in [0.2, 0.25) is 0 Å². The van der Waals surface area contributed by atoms with E-state index in [0.717, 1.165) is 9.83 Å². The first-order valence-corrected chi connectivity index (χ1v) is 6.63. The van der Waals surface area contributed by atoms with Crippen molar-refractivity contribution in [3.63, 3.8) is 0 Å². The molecule has 0 bridgehead atoms. The minimum absolute atomic E-state index is 0.131. The highest BCUT2D eigenvalue weighted by Crippen LogP contribution is 2.25. The summed E-state index contributed by atoms with van der Waals surface area (Å²) in [5, 5.41) is 6.56. The number of urea groups is 1. The van der Waals surface area contributed by atoms with Crippen LogP contribution in [0.1, 0.15) is 0 Å². The molecule has 0 aliphatic carbocycles. The van der Waals surface area contributed by atoms with Crippen molar-refractivity contribution < 1.29 is 9.18 Å². The smallest absolute Gasteiger partial charge is 0.316 e. The van der Waals surface area contributed by atoms with Crippen LogP contribution in [0.3, 0.4) is 0 Å². The SMILES string of the molecule is CN(C)C(=O)NCCNc1nc2cc(F)ccc2s1. The Morgan fingerprint density at radius 2 is 2.21 bits per heavy atom. The molecular formula is C12H15FN4OS. The van der Waals surface area contributed by atoms with Crippen molar-refractivity contribution in [1.29, 1.82) is 0 Å². The highest BCUT2D eigenvalue weighted by Gasteiger charge is 2.05. The molecule has 1 aromatic heterocycles. The van der Waals surface area contributed by atoms with Gasteiger partial charge in [-0.2, -0.15) is 0 Å². The molecule has 0 saturated heterocycles. The lowest BCUT2D eigenvalue weighted by Gasteiger charge is -2.11. The van der Waals surface area contributed by atoms with Gasteiger partial charge in [-0.25, -0.2) is 14.2 Å². The number of carbonyl (C=O) groups excluding carboxylic acids is 1. The van der Waals surface area contributed by atoms with E-state index >= 15 is 0 Å². The normalized spacial score (nSPS) is 10.5. The molecule has 2 amide bonds. The Labute approximate surface area is 114 Å². The number of rotatable bonds is 4. The molecule has 0 saturated carbocycles. The Balaban J connectivity index is 1.86. The number of halogens is 1. The van der Waals surface area contributed by atoms with Crippen LogP contribution in [0.2, 0.25) is 0 Å². The number of hydrogen-bond donors (Lipinski definition) is 2. The summed E-state index contributed by atoms with van der Waals surface area (Å²) < 4.78 is 13.9. The highest BCUT2D eigenvalue weighted by atomic mass is 32.1. The second kappa shape index (κ2) is 5.83. The van der Waals surface area contributed by atoms with Gasteiger partial charge < -0.3 is 15.5 Å². The molecule has 102 valence electrons. The third-order valence-electron chi connectivity index (χ3n) is 2.43. The summed E-state index contributed by atoms with van der Waals surface area (Å²) in [5.41, 5.74) is 0.643. The Morgan fingerprint density at radius 3 is 2.95 bits per heavy atom. The molecule has 2 aromatic rings. The van der Waals surface area contributed by atoms with Crippen molar-refractivity contribution in [3.05, 3.63) is 24.0 Å². The van der Waals surface area contributed by atoms with Gasteiger partial charge in [-0.1, -0.05) is 11.3 Å². The lowest BCUT2D eigenvalue weighted by atomic mass is 10.3. The van der Waals surface area contributed by atoms with Crippen LogP contribution in [0.25, 0.3) is 10.2 Å². The molecule has 0 unspecified atom stereocenters. The molecule has 0 atom stereocenters. The van der Waals surface area contributed by atoms with Crippen LogP contribution in [0.4, 0.5) is 14.3 Å². The van der Waals surface area contributed by atoms with E-state index in [1.54, 1.807) is 20.2 Å². The summed E-state index contributed by atoms with van der Waals surface area (Å²) in [6, 6.07) is 4.40. The zero-order valence-corrected chi connectivity index (χ0v) is 11.6. The zero-order valence-electron chi connectivity index (χ0n) is 10.7. The van der Waals surface area contributed by atoms with Crippen LogP contribution in [0, 0.1) is 5.82 Å². The third-order valence-corrected chi connectivity index (χ3v) is 3.43. The summed E-state index contributed by atoms with van der Waals surface area (Å²) in [4.78, 5) is 17.0. The molecule has 5 nitrogen and oxygen atoms in total. The minimum Gasteiger partial charge on any atom is -0.360 e. The molecule has 2 N–H and O–H groups in total. The number of hydrogen-bond acceptors (Lipinski definition) is 4. The van der Waals surface area contributed by atoms with E-state index in [-0.39, 0.29) is 11.8 Å². The summed E-state index contributed by atoms with van der Waals surface area (Å²) in [7, 11) is 3.37. The Bertz CT molecular complexity index is 584. The molecule has 1 aromatic carbocycles. The van der Waals surface area contributed by atoms with E-state index in [2.05, 4.69) is 15.6 Å². The van der Waals surface area contributed by atoms with E-state index in [0.29, 0.717) is 18.6 Å². The lowest BCUT2D eigenvalue weighted by molar-refractivity contribution is 0.218. The Hall–Kier alpha value is -1.89. The van der Waals surface area contributed by atoms with Crippen LogP contribution in [-0.4, -0.2) is 43.1 Å². The number of aromatic nitrogens is 1. The van der Waals surface area contributed by atoms with Crippen molar-refractivity contribution in [3.8, 4) is 0 Å². The van der Waals surface area contributed by atoms with Crippen LogP contribution < -0.4 is 10.6 Å². The molecule has 0 radical (unpaired) electrons. The number of benzene rings is 1. The summed E-state index contributed by atoms with van der Waals surface area (Å²) in [6.07, 6.45) is 0. The van der Waals surface area contributed by atoms with Gasteiger partial charge >= 0.3 is 6.03 Å². The van der Waals surface area contributed by atoms with E-state index in [4.69, 9.17) is 0 Å². The Kier molecular flexibility index (Phi) is 4.16. The van der Waals surface area contributed by atoms with Crippen LogP contribution in [-0.2, 0) is 0 Å². The number of nitrogens with zero attached hydrogens (tertiary/aromatic N) is 2. The predicted molar refractivity (Wildman–Crippen MR) is 75.2 cm³/mol. The van der Waals surface area contributed by atoms with Gasteiger partial charge in [0.15, 0.2) is 5.13 Å². The van der Waals surface area contributed by atoms with Gasteiger partial charge in [0.1, 0.15) is 5.82 Å². The summed E-state index contributed by atoms with van der Waals surface area (Å²) >= 11 is 1.46. The molecule has 0 spiro atoms. The molecule has 0 aliphatic rings. The third kappa shape index (κ3) is 3.54. The number of thiazole rings is 1. The maximum Gasteiger partial charge on any atom is 0.316 e. The first-order chi connectivity index (χ1) is 9.06. The van der Waals surface area contributed by atoms with Gasteiger partial charge in [-0.05, 0) is 12.1 Å². The number of anilines is 1. The number of nitrogens with one attached hydrogen (secondary N) is 2. The molecule has 19 heavy (non-hydrogen) atoms. The number of carbonyl (C=O) groups is 1. The van der Waals surface area contributed by atoms with E-state index < -0.39 is 0 Å². The number of fused-ring (bicyclic) bond motifs is 1. The standard InChI is InChI=1S/C12H15FN4OS/c1-17(2)12(18)15-6-5-14-11-16-9-7-8(13)3-4-10(9)19-11/h3-4,7H,5-6H2,1-2H3,(H,14,16)(H,15,18). The largest absolute Gasteiger partial charge is 0.360 e. The van der Waals surface area contributed by atoms with Crippen molar-refractivity contribution in [2.24, 2.45) is 0 Å². The fourth-order valence-corrected chi connectivity index (χ4v) is 2.34. The molecular weight excluding hydrogens is 267 g/mol. The van der Waals surface area contributed by atoms with E-state index in [1.165, 1.54) is 28.4 Å². The molecule has 2 rings (SSSR count). The van der Waals surface area contributed by atoms with Crippen molar-refractivity contribution >= 4 is 32.7 Å². The maximum absolute atomic E-state index is 13.0. The Morgan fingerprint density at radius 1 is 1.42 bits per heavy atom.